The van der Waals surface area contributed by atoms with Crippen molar-refractivity contribution in [3.05, 3.63) is 23.8 Å². The molecule has 1 aromatic carbocycles. The zero-order valence-corrected chi connectivity index (χ0v) is 8.15. The van der Waals surface area contributed by atoms with Crippen molar-refractivity contribution in [2.24, 2.45) is 0 Å². The molecule has 0 saturated heterocycles. The minimum atomic E-state index is -1.18. The van der Waals surface area contributed by atoms with Gasteiger partial charge in [0.05, 0.1) is 0 Å². The zero-order valence-electron chi connectivity index (χ0n) is 8.15. The summed E-state index contributed by atoms with van der Waals surface area (Å²) in [4.78, 5) is 21.3. The first kappa shape index (κ1) is 11.0. The SMILES string of the molecule is Cc1cc(O)ccc1NC(=O)CC(=O)O. The molecule has 1 aromatic rings. The highest BCUT2D eigenvalue weighted by molar-refractivity contribution is 6.01. The van der Waals surface area contributed by atoms with Crippen molar-refractivity contribution in [2.45, 2.75) is 13.3 Å². The van der Waals surface area contributed by atoms with Crippen LogP contribution in [0.5, 0.6) is 5.75 Å². The van der Waals surface area contributed by atoms with Crippen molar-refractivity contribution < 1.29 is 19.8 Å². The molecule has 3 N–H and O–H groups in total. The van der Waals surface area contributed by atoms with Gasteiger partial charge in [-0.05, 0) is 30.7 Å². The molecular weight excluding hydrogens is 198 g/mol. The fourth-order valence-electron chi connectivity index (χ4n) is 1.12. The Morgan fingerprint density at radius 1 is 1.40 bits per heavy atom. The molecule has 80 valence electrons. The summed E-state index contributed by atoms with van der Waals surface area (Å²) in [5, 5.41) is 19.9. The summed E-state index contributed by atoms with van der Waals surface area (Å²) in [6.45, 7) is 1.70. The van der Waals surface area contributed by atoms with Gasteiger partial charge in [-0.15, -0.1) is 0 Å². The molecule has 1 rings (SSSR count). The molecule has 15 heavy (non-hydrogen) atoms. The maximum absolute atomic E-state index is 11.1. The molecule has 0 heterocycles. The number of carboxylic acid groups (broad SMARTS) is 1. The van der Waals surface area contributed by atoms with Crippen molar-refractivity contribution in [1.29, 1.82) is 0 Å². The van der Waals surface area contributed by atoms with E-state index in [-0.39, 0.29) is 5.75 Å². The maximum Gasteiger partial charge on any atom is 0.312 e. The molecule has 0 aromatic heterocycles. The first-order valence-electron chi connectivity index (χ1n) is 4.30. The van der Waals surface area contributed by atoms with E-state index in [4.69, 9.17) is 10.2 Å². The van der Waals surface area contributed by atoms with E-state index < -0.39 is 18.3 Å². The number of carbonyl (C=O) groups is 2. The molecule has 0 unspecified atom stereocenters. The number of aryl methyl sites for hydroxylation is 1. The number of phenols is 1. The summed E-state index contributed by atoms with van der Waals surface area (Å²) >= 11 is 0. The van der Waals surface area contributed by atoms with Crippen LogP contribution in [0, 0.1) is 6.92 Å². The Morgan fingerprint density at radius 3 is 2.60 bits per heavy atom. The lowest BCUT2D eigenvalue weighted by molar-refractivity contribution is -0.139. The van der Waals surface area contributed by atoms with Gasteiger partial charge in [0, 0.05) is 5.69 Å². The Morgan fingerprint density at radius 2 is 2.07 bits per heavy atom. The first-order chi connectivity index (χ1) is 6.99. The summed E-state index contributed by atoms with van der Waals surface area (Å²) in [6, 6.07) is 4.42. The predicted octanol–water partition coefficient (Wildman–Crippen LogP) is 1.11. The Labute approximate surface area is 86.4 Å². The Bertz CT molecular complexity index is 400. The standard InChI is InChI=1S/C10H11NO4/c1-6-4-7(12)2-3-8(6)11-9(13)5-10(14)15/h2-4,12H,5H2,1H3,(H,11,13)(H,14,15). The van der Waals surface area contributed by atoms with Gasteiger partial charge in [-0.1, -0.05) is 0 Å². The van der Waals surface area contributed by atoms with Crippen LogP contribution in [0.2, 0.25) is 0 Å². The van der Waals surface area contributed by atoms with Gasteiger partial charge in [0.2, 0.25) is 5.91 Å². The summed E-state index contributed by atoms with van der Waals surface area (Å²) < 4.78 is 0. The summed E-state index contributed by atoms with van der Waals surface area (Å²) in [7, 11) is 0. The Balaban J connectivity index is 2.72. The van der Waals surface area contributed by atoms with Gasteiger partial charge < -0.3 is 15.5 Å². The largest absolute Gasteiger partial charge is 0.508 e. The summed E-state index contributed by atoms with van der Waals surface area (Å²) in [6.07, 6.45) is -0.569. The Hall–Kier alpha value is -2.04. The van der Waals surface area contributed by atoms with Crippen LogP contribution in [0.4, 0.5) is 5.69 Å². The number of aliphatic carboxylic acids is 1. The molecule has 0 atom stereocenters. The third kappa shape index (κ3) is 3.30. The predicted molar refractivity (Wildman–Crippen MR) is 53.7 cm³/mol. The van der Waals surface area contributed by atoms with E-state index in [2.05, 4.69) is 5.32 Å². The fraction of sp³-hybridized carbons (Fsp3) is 0.200. The van der Waals surface area contributed by atoms with Crippen molar-refractivity contribution in [3.8, 4) is 5.75 Å². The number of aromatic hydroxyl groups is 1. The molecule has 0 radical (unpaired) electrons. The molecule has 1 amide bonds. The topological polar surface area (TPSA) is 86.6 Å². The second-order valence-electron chi connectivity index (χ2n) is 3.12. The normalized spacial score (nSPS) is 9.67. The molecule has 0 aliphatic carbocycles. The number of hydrogen-bond donors (Lipinski definition) is 3. The average molecular weight is 209 g/mol. The molecule has 0 aliphatic heterocycles. The first-order valence-corrected chi connectivity index (χ1v) is 4.30. The van der Waals surface area contributed by atoms with E-state index in [1.165, 1.54) is 18.2 Å². The molecule has 0 fully saturated rings. The van der Waals surface area contributed by atoms with Crippen molar-refractivity contribution in [3.63, 3.8) is 0 Å². The number of nitrogens with one attached hydrogen (secondary N) is 1. The number of anilines is 1. The quantitative estimate of drug-likeness (QED) is 0.514. The van der Waals surface area contributed by atoms with Crippen LogP contribution in [0.15, 0.2) is 18.2 Å². The number of phenolic OH excluding ortho intramolecular Hbond substituents is 1. The third-order valence-corrected chi connectivity index (χ3v) is 1.80. The van der Waals surface area contributed by atoms with Gasteiger partial charge in [0.25, 0.3) is 0 Å². The van der Waals surface area contributed by atoms with Crippen molar-refractivity contribution >= 4 is 17.6 Å². The number of carboxylic acids is 1. The van der Waals surface area contributed by atoms with E-state index in [0.29, 0.717) is 11.3 Å². The van der Waals surface area contributed by atoms with Crippen LogP contribution in [-0.2, 0) is 9.59 Å². The highest BCUT2D eigenvalue weighted by Gasteiger charge is 2.09. The van der Waals surface area contributed by atoms with Gasteiger partial charge in [-0.2, -0.15) is 0 Å². The van der Waals surface area contributed by atoms with E-state index in [1.807, 2.05) is 0 Å². The third-order valence-electron chi connectivity index (χ3n) is 1.80. The molecule has 0 aliphatic rings. The van der Waals surface area contributed by atoms with Crippen LogP contribution in [-0.4, -0.2) is 22.1 Å². The number of hydrogen-bond acceptors (Lipinski definition) is 3. The van der Waals surface area contributed by atoms with E-state index in [1.54, 1.807) is 6.92 Å². The minimum absolute atomic E-state index is 0.101. The monoisotopic (exact) mass is 209 g/mol. The van der Waals surface area contributed by atoms with Crippen LogP contribution in [0.25, 0.3) is 0 Å². The minimum Gasteiger partial charge on any atom is -0.508 e. The van der Waals surface area contributed by atoms with Gasteiger partial charge in [-0.25, -0.2) is 0 Å². The number of benzene rings is 1. The van der Waals surface area contributed by atoms with Gasteiger partial charge in [0.15, 0.2) is 0 Å². The average Bonchev–Trinajstić information content (AvgIpc) is 2.08. The van der Waals surface area contributed by atoms with Gasteiger partial charge in [-0.3, -0.25) is 9.59 Å². The van der Waals surface area contributed by atoms with Crippen molar-refractivity contribution in [2.75, 3.05) is 5.32 Å². The highest BCUT2D eigenvalue weighted by atomic mass is 16.4. The number of rotatable bonds is 3. The highest BCUT2D eigenvalue weighted by Crippen LogP contribution is 2.20. The molecule has 5 nitrogen and oxygen atoms in total. The van der Waals surface area contributed by atoms with Gasteiger partial charge >= 0.3 is 5.97 Å². The smallest absolute Gasteiger partial charge is 0.312 e. The lowest BCUT2D eigenvalue weighted by atomic mass is 10.2. The van der Waals surface area contributed by atoms with E-state index in [0.717, 1.165) is 0 Å². The van der Waals surface area contributed by atoms with Crippen LogP contribution >= 0.6 is 0 Å². The lowest BCUT2D eigenvalue weighted by Gasteiger charge is -2.07. The zero-order chi connectivity index (χ0) is 11.4. The van der Waals surface area contributed by atoms with E-state index in [9.17, 15) is 9.59 Å². The van der Waals surface area contributed by atoms with Crippen LogP contribution < -0.4 is 5.32 Å². The van der Waals surface area contributed by atoms with Crippen LogP contribution in [0.3, 0.4) is 0 Å². The molecule has 5 heteroatoms. The van der Waals surface area contributed by atoms with Crippen LogP contribution in [0.1, 0.15) is 12.0 Å². The van der Waals surface area contributed by atoms with E-state index >= 15 is 0 Å². The fourth-order valence-corrected chi connectivity index (χ4v) is 1.12. The Kier molecular flexibility index (Phi) is 3.28. The summed E-state index contributed by atoms with van der Waals surface area (Å²) in [5.41, 5.74) is 1.17. The molecule has 0 saturated carbocycles. The van der Waals surface area contributed by atoms with Crippen molar-refractivity contribution in [1.82, 2.24) is 0 Å². The second kappa shape index (κ2) is 4.45. The number of carbonyl (C=O) groups excluding carboxylic acids is 1. The maximum atomic E-state index is 11.1. The molecule has 0 bridgehead atoms. The summed E-state index contributed by atoms with van der Waals surface area (Å²) in [5.74, 6) is -1.66. The van der Waals surface area contributed by atoms with Gasteiger partial charge in [0.1, 0.15) is 12.2 Å². The second-order valence-corrected chi connectivity index (χ2v) is 3.12. The molecular formula is C10H11NO4. The number of amides is 1. The lowest BCUT2D eigenvalue weighted by Crippen LogP contribution is -2.16. The molecule has 0 spiro atoms.